The molecule has 11 N–H and O–H groups in total. The third kappa shape index (κ3) is 47.9. The van der Waals surface area contributed by atoms with Crippen LogP contribution in [0.2, 0.25) is 0 Å². The molecule has 3 aliphatic rings. The molecule has 3 saturated carbocycles. The van der Waals surface area contributed by atoms with Crippen molar-refractivity contribution in [3.8, 4) is 0 Å². The normalized spacial score (nSPS) is 22.4. The molecule has 125 heavy (non-hydrogen) atoms. The van der Waals surface area contributed by atoms with Crippen molar-refractivity contribution in [3.63, 3.8) is 0 Å². The highest BCUT2D eigenvalue weighted by molar-refractivity contribution is 5.79. The molecule has 0 aromatic carbocycles. The summed E-state index contributed by atoms with van der Waals surface area (Å²) in [6.45, 7) is 15.0. The predicted molar refractivity (Wildman–Crippen MR) is 436 cm³/mol. The number of unbranched alkanes of at least 4 members (excludes halogenated alkanes) is 3. The van der Waals surface area contributed by atoms with Crippen LogP contribution in [-0.2, 0) is 157 Å². The number of hydrogen-bond donors (Lipinski definition) is 10. The first-order chi connectivity index (χ1) is 59.3. The Labute approximate surface area is 728 Å². The van der Waals surface area contributed by atoms with E-state index < -0.39 is 168 Å². The smallest absolute Gasteiger partial charge is 0.303 e. The molecule has 0 saturated heterocycles. The molecule has 0 spiro atoms. The summed E-state index contributed by atoms with van der Waals surface area (Å²) < 4.78 is 85.1. The number of nitrogens with one attached hydrogen (secondary N) is 9. The summed E-state index contributed by atoms with van der Waals surface area (Å²) >= 11 is 0. The fourth-order valence-corrected chi connectivity index (χ4v) is 14.2. The van der Waals surface area contributed by atoms with Gasteiger partial charge in [-0.1, -0.05) is 0 Å². The van der Waals surface area contributed by atoms with Gasteiger partial charge in [-0.05, 0) is 77.0 Å². The Kier molecular flexibility index (Phi) is 53.1. The van der Waals surface area contributed by atoms with Gasteiger partial charge in [-0.25, -0.2) is 0 Å². The van der Waals surface area contributed by atoms with Crippen LogP contribution in [-0.4, -0.2) is 304 Å². The summed E-state index contributed by atoms with van der Waals surface area (Å²) in [5.41, 5.74) is 5.43. The van der Waals surface area contributed by atoms with E-state index in [1.54, 1.807) is 0 Å². The van der Waals surface area contributed by atoms with Crippen LogP contribution in [0, 0.1) is 17.8 Å². The largest absolute Gasteiger partial charge is 0.465 e. The molecule has 710 valence electrons. The van der Waals surface area contributed by atoms with E-state index in [2.05, 4.69) is 47.9 Å². The van der Waals surface area contributed by atoms with E-state index in [0.717, 1.165) is 20.8 Å². The van der Waals surface area contributed by atoms with Crippen molar-refractivity contribution in [2.24, 2.45) is 23.5 Å². The predicted octanol–water partition coefficient (Wildman–Crippen LogP) is -0.709. The van der Waals surface area contributed by atoms with E-state index in [1.807, 2.05) is 0 Å². The lowest BCUT2D eigenvalue weighted by molar-refractivity contribution is -0.193. The van der Waals surface area contributed by atoms with E-state index >= 15 is 0 Å². The van der Waals surface area contributed by atoms with Crippen molar-refractivity contribution < 1.29 is 157 Å². The number of ether oxygens (including phenoxy) is 15. The minimum Gasteiger partial charge on any atom is -0.465 e. The highest BCUT2D eigenvalue weighted by Crippen LogP contribution is 2.37. The summed E-state index contributed by atoms with van der Waals surface area (Å²) in [6.07, 6.45) is -4.65. The maximum absolute atomic E-state index is 12.9. The van der Waals surface area contributed by atoms with Crippen LogP contribution in [0.4, 0.5) is 0 Å². The van der Waals surface area contributed by atoms with Crippen LogP contribution in [0.25, 0.3) is 0 Å². The minimum atomic E-state index is -1.34. The van der Waals surface area contributed by atoms with Gasteiger partial charge in [0.15, 0.2) is 18.3 Å². The van der Waals surface area contributed by atoms with Gasteiger partial charge in [-0.3, -0.25) is 86.3 Å². The highest BCUT2D eigenvalue weighted by Gasteiger charge is 2.53. The molecule has 0 radical (unpaired) electrons. The second-order valence-electron chi connectivity index (χ2n) is 31.0. The standard InChI is InChI=1S/C82H134N10O33/c1-49(93)90-73-64(40-61(43-117-52(4)96)76(120-55(7)99)79(73)123-58(10)102)114-34-16-13-22-67(105)84-28-19-31-87-70(108)25-37-111-46-82(83,47-112-38-26-71(109)88-32-20-29-85-68(106)23-14-17-35-115-65-41-62(44-118-53(5)97)77(121-56(8)100)80(124-59(11)103)74(65)91-50(2)94)48-113-39-27-72(110)89-33-21-30-86-69(107)24-15-18-36-116-66-42-63(45-119-54(6)98)78(122-57(9)101)81(125-60(12)104)75(66)92-51(3)95/h61-66,73-81H,13-48,83H2,1-12H3,(H,84,105)(H,85,106)(H,86,107)(H,87,108)(H,88,109)(H,89,110)(H,90,93)(H,91,94)(H,92,95). The molecule has 15 unspecified atom stereocenters. The Bertz CT molecular complexity index is 3140. The lowest BCUT2D eigenvalue weighted by Gasteiger charge is -2.45. The number of esters is 9. The number of amides is 9. The molecular formula is C82H134N10O33. The zero-order valence-electron chi connectivity index (χ0n) is 74.2. The lowest BCUT2D eigenvalue weighted by atomic mass is 9.79. The van der Waals surface area contributed by atoms with Crippen molar-refractivity contribution in [2.75, 3.05) is 119 Å². The SMILES string of the molecule is CC(=O)NC1C(OCCCCC(=O)NCCCNC(=O)CCOCC(N)(COCCC(=O)NCCCNC(=O)CCCCOC2CC(COC(C)=O)C(OC(C)=O)C(OC(C)=O)C2NC(C)=O)COCCC(=O)NCCCNC(=O)CCCCOC2CC(COC(C)=O)C(OC(C)=O)C(OC(C)=O)C2NC(C)=O)CC(COC(C)=O)C(OC(C)=O)C1OC(C)=O. The third-order valence-corrected chi connectivity index (χ3v) is 19.6. The third-order valence-electron chi connectivity index (χ3n) is 19.6. The van der Waals surface area contributed by atoms with Gasteiger partial charge in [0, 0.05) is 198 Å². The first kappa shape index (κ1) is 109. The molecular weight excluding hydrogens is 1650 g/mol. The fourth-order valence-electron chi connectivity index (χ4n) is 14.2. The van der Waals surface area contributed by atoms with Crippen LogP contribution < -0.4 is 53.6 Å². The van der Waals surface area contributed by atoms with Crippen LogP contribution >= 0.6 is 0 Å². The zero-order chi connectivity index (χ0) is 93.0. The molecule has 43 heteroatoms. The molecule has 3 rings (SSSR count). The Balaban J connectivity index is 1.48. The molecule has 43 nitrogen and oxygen atoms in total. The Morgan fingerprint density at radius 3 is 0.696 bits per heavy atom. The highest BCUT2D eigenvalue weighted by atomic mass is 16.6. The van der Waals surface area contributed by atoms with Gasteiger partial charge in [-0.15, -0.1) is 0 Å². The number of nitrogens with two attached hydrogens (primary N) is 1. The Hall–Kier alpha value is -9.82. The topological polar surface area (TPSA) is 580 Å². The van der Waals surface area contributed by atoms with Crippen LogP contribution in [0.15, 0.2) is 0 Å². The second kappa shape index (κ2) is 60.7. The molecule has 15 atom stereocenters. The van der Waals surface area contributed by atoms with E-state index in [4.69, 9.17) is 76.8 Å². The van der Waals surface area contributed by atoms with E-state index in [-0.39, 0.29) is 212 Å². The minimum absolute atomic E-state index is 0.0703. The summed E-state index contributed by atoms with van der Waals surface area (Å²) in [6, 6.07) is -2.79. The van der Waals surface area contributed by atoms with Gasteiger partial charge in [-0.2, -0.15) is 0 Å². The van der Waals surface area contributed by atoms with Gasteiger partial charge >= 0.3 is 53.7 Å². The maximum Gasteiger partial charge on any atom is 0.303 e. The molecule has 0 aromatic heterocycles. The molecule has 9 amide bonds. The lowest BCUT2D eigenvalue weighted by Crippen LogP contribution is -2.63. The van der Waals surface area contributed by atoms with Crippen molar-refractivity contribution >= 4 is 107 Å². The zero-order valence-corrected chi connectivity index (χ0v) is 74.2. The van der Waals surface area contributed by atoms with Crippen molar-refractivity contribution in [1.29, 1.82) is 0 Å². The van der Waals surface area contributed by atoms with E-state index in [0.29, 0.717) is 57.8 Å². The van der Waals surface area contributed by atoms with Crippen molar-refractivity contribution in [3.05, 3.63) is 0 Å². The molecule has 3 fully saturated rings. The number of carbonyl (C=O) groups is 18. The number of carbonyl (C=O) groups excluding carboxylic acids is 18. The quantitative estimate of drug-likeness (QED) is 0.0204. The average molecular weight is 1790 g/mol. The van der Waals surface area contributed by atoms with Crippen LogP contribution in [0.3, 0.4) is 0 Å². The fraction of sp³-hybridized carbons (Fsp3) is 0.780. The van der Waals surface area contributed by atoms with Gasteiger partial charge in [0.05, 0.1) is 101 Å². The summed E-state index contributed by atoms with van der Waals surface area (Å²) in [5.74, 6) is -11.1. The summed E-state index contributed by atoms with van der Waals surface area (Å²) in [7, 11) is 0. The van der Waals surface area contributed by atoms with E-state index in [9.17, 15) is 86.3 Å². The molecule has 3 aliphatic carbocycles. The molecule has 0 aliphatic heterocycles. The van der Waals surface area contributed by atoms with Gasteiger partial charge < -0.3 is 125 Å². The van der Waals surface area contributed by atoms with Gasteiger partial charge in [0.25, 0.3) is 0 Å². The number of hydrogen-bond acceptors (Lipinski definition) is 34. The van der Waals surface area contributed by atoms with Crippen molar-refractivity contribution in [1.82, 2.24) is 47.9 Å². The van der Waals surface area contributed by atoms with Crippen LogP contribution in [0.1, 0.15) is 199 Å². The maximum atomic E-state index is 12.9. The first-order valence-corrected chi connectivity index (χ1v) is 42.5. The van der Waals surface area contributed by atoms with Gasteiger partial charge in [0.1, 0.15) is 18.3 Å². The average Bonchev–Trinajstić information content (AvgIpc) is 0.796. The molecule has 0 aromatic rings. The number of rotatable bonds is 60. The summed E-state index contributed by atoms with van der Waals surface area (Å²) in [5, 5.41) is 25.0. The molecule has 0 heterocycles. The van der Waals surface area contributed by atoms with Gasteiger partial charge in [0.2, 0.25) is 53.2 Å². The first-order valence-electron chi connectivity index (χ1n) is 42.5. The van der Waals surface area contributed by atoms with E-state index in [1.165, 1.54) is 62.3 Å². The Morgan fingerprint density at radius 1 is 0.272 bits per heavy atom. The molecule has 0 bridgehead atoms. The monoisotopic (exact) mass is 1790 g/mol. The second-order valence-corrected chi connectivity index (χ2v) is 31.0. The Morgan fingerprint density at radius 2 is 0.488 bits per heavy atom. The van der Waals surface area contributed by atoms with Crippen molar-refractivity contribution in [2.45, 2.75) is 277 Å². The summed E-state index contributed by atoms with van der Waals surface area (Å²) in [4.78, 5) is 222. The van der Waals surface area contributed by atoms with Crippen LogP contribution in [0.5, 0.6) is 0 Å².